The lowest BCUT2D eigenvalue weighted by Gasteiger charge is -2.03. The van der Waals surface area contributed by atoms with Gasteiger partial charge >= 0.3 is 0 Å². The van der Waals surface area contributed by atoms with Crippen molar-refractivity contribution >= 4 is 0 Å². The van der Waals surface area contributed by atoms with Crippen LogP contribution in [-0.4, -0.2) is 24.7 Å². The smallest absolute Gasteiger partial charge is 0.0949 e. The number of hydrogen-bond donors (Lipinski definition) is 1. The van der Waals surface area contributed by atoms with E-state index in [9.17, 15) is 0 Å². The molecular weight excluding hydrogens is 226 g/mol. The molecule has 18 heavy (non-hydrogen) atoms. The van der Waals surface area contributed by atoms with E-state index in [1.807, 2.05) is 30.0 Å². The average Bonchev–Trinajstić information content (AvgIpc) is 3.02. The van der Waals surface area contributed by atoms with Crippen molar-refractivity contribution in [2.45, 2.75) is 13.5 Å². The van der Waals surface area contributed by atoms with Crippen molar-refractivity contribution in [2.75, 3.05) is 0 Å². The molecule has 0 aromatic carbocycles. The van der Waals surface area contributed by atoms with Gasteiger partial charge in [-0.15, -0.1) is 0 Å². The highest BCUT2D eigenvalue weighted by Crippen LogP contribution is 2.19. The summed E-state index contributed by atoms with van der Waals surface area (Å²) in [6.07, 6.45) is 9.20. The Balaban J connectivity index is 1.83. The van der Waals surface area contributed by atoms with Crippen molar-refractivity contribution < 1.29 is 0 Å². The third-order valence-electron chi connectivity index (χ3n) is 2.85. The minimum absolute atomic E-state index is 0.789. The van der Waals surface area contributed by atoms with E-state index in [2.05, 4.69) is 26.2 Å². The van der Waals surface area contributed by atoms with Crippen LogP contribution in [0.25, 0.3) is 11.3 Å². The monoisotopic (exact) mass is 239 g/mol. The van der Waals surface area contributed by atoms with Gasteiger partial charge in [-0.25, -0.2) is 4.98 Å². The van der Waals surface area contributed by atoms with Crippen LogP contribution in [0.5, 0.6) is 0 Å². The van der Waals surface area contributed by atoms with Crippen molar-refractivity contribution in [2.24, 2.45) is 0 Å². The molecular formula is C13H13N5. The van der Waals surface area contributed by atoms with Gasteiger partial charge in [-0.2, -0.15) is 5.10 Å². The van der Waals surface area contributed by atoms with E-state index in [-0.39, 0.29) is 0 Å². The van der Waals surface area contributed by atoms with Gasteiger partial charge in [0.25, 0.3) is 0 Å². The van der Waals surface area contributed by atoms with Crippen LogP contribution < -0.4 is 0 Å². The zero-order valence-electron chi connectivity index (χ0n) is 10.0. The standard InChI is InChI=1S/C13H13N5/c1-10-12(7-16-17-10)13-3-2-11(6-15-13)8-18-5-4-14-9-18/h2-7,9H,8H2,1H3,(H,16,17). The molecule has 0 bridgehead atoms. The normalized spacial score (nSPS) is 10.7. The molecule has 0 saturated heterocycles. The number of nitrogens with one attached hydrogen (secondary N) is 1. The minimum Gasteiger partial charge on any atom is -0.333 e. The third-order valence-corrected chi connectivity index (χ3v) is 2.85. The Labute approximate surface area is 105 Å². The molecule has 0 atom stereocenters. The summed E-state index contributed by atoms with van der Waals surface area (Å²) in [6, 6.07) is 4.10. The van der Waals surface area contributed by atoms with Crippen molar-refractivity contribution in [1.29, 1.82) is 0 Å². The lowest BCUT2D eigenvalue weighted by molar-refractivity contribution is 0.793. The van der Waals surface area contributed by atoms with Crippen molar-refractivity contribution in [3.05, 3.63) is 54.5 Å². The van der Waals surface area contributed by atoms with Crippen molar-refractivity contribution in [3.63, 3.8) is 0 Å². The Morgan fingerprint density at radius 1 is 1.28 bits per heavy atom. The predicted molar refractivity (Wildman–Crippen MR) is 67.9 cm³/mol. The second-order valence-corrected chi connectivity index (χ2v) is 4.20. The van der Waals surface area contributed by atoms with Gasteiger partial charge in [0.15, 0.2) is 0 Å². The van der Waals surface area contributed by atoms with Crippen LogP contribution in [0.15, 0.2) is 43.2 Å². The molecule has 90 valence electrons. The molecule has 0 amide bonds. The first kappa shape index (κ1) is 10.7. The van der Waals surface area contributed by atoms with Gasteiger partial charge in [-0.05, 0) is 18.6 Å². The maximum Gasteiger partial charge on any atom is 0.0949 e. The fourth-order valence-corrected chi connectivity index (χ4v) is 1.88. The zero-order chi connectivity index (χ0) is 12.4. The van der Waals surface area contributed by atoms with Crippen LogP contribution in [0.4, 0.5) is 0 Å². The van der Waals surface area contributed by atoms with E-state index >= 15 is 0 Å². The number of pyridine rings is 1. The Kier molecular flexibility index (Phi) is 2.64. The largest absolute Gasteiger partial charge is 0.333 e. The second-order valence-electron chi connectivity index (χ2n) is 4.20. The molecule has 5 heteroatoms. The van der Waals surface area contributed by atoms with Crippen molar-refractivity contribution in [3.8, 4) is 11.3 Å². The van der Waals surface area contributed by atoms with E-state index in [0.29, 0.717) is 0 Å². The molecule has 3 heterocycles. The number of aryl methyl sites for hydroxylation is 1. The Morgan fingerprint density at radius 3 is 2.83 bits per heavy atom. The van der Waals surface area contributed by atoms with Crippen LogP contribution in [0.1, 0.15) is 11.3 Å². The number of imidazole rings is 1. The molecule has 1 N–H and O–H groups in total. The summed E-state index contributed by atoms with van der Waals surface area (Å²) < 4.78 is 2.01. The summed E-state index contributed by atoms with van der Waals surface area (Å²) in [4.78, 5) is 8.49. The maximum absolute atomic E-state index is 4.47. The summed E-state index contributed by atoms with van der Waals surface area (Å²) in [5, 5.41) is 6.92. The van der Waals surface area contributed by atoms with Gasteiger partial charge in [0.1, 0.15) is 0 Å². The SMILES string of the molecule is Cc1[nH]ncc1-c1ccc(Cn2ccnc2)cn1. The third kappa shape index (κ3) is 2.02. The van der Waals surface area contributed by atoms with Gasteiger partial charge in [0.05, 0.1) is 18.2 Å². The Morgan fingerprint density at radius 2 is 2.22 bits per heavy atom. The summed E-state index contributed by atoms with van der Waals surface area (Å²) in [7, 11) is 0. The number of aromatic nitrogens is 5. The number of aromatic amines is 1. The molecule has 0 aliphatic rings. The van der Waals surface area contributed by atoms with Gasteiger partial charge in [-0.3, -0.25) is 10.1 Å². The lowest BCUT2D eigenvalue weighted by atomic mass is 10.1. The Bertz CT molecular complexity index is 622. The fourth-order valence-electron chi connectivity index (χ4n) is 1.88. The minimum atomic E-state index is 0.789. The summed E-state index contributed by atoms with van der Waals surface area (Å²) in [6.45, 7) is 2.78. The molecule has 0 saturated carbocycles. The summed E-state index contributed by atoms with van der Waals surface area (Å²) in [5.74, 6) is 0. The first-order valence-electron chi connectivity index (χ1n) is 5.74. The fraction of sp³-hybridized carbons (Fsp3) is 0.154. The highest BCUT2D eigenvalue weighted by Gasteiger charge is 2.05. The number of H-pyrrole nitrogens is 1. The maximum atomic E-state index is 4.47. The van der Waals surface area contributed by atoms with E-state index in [0.717, 1.165) is 29.1 Å². The van der Waals surface area contributed by atoms with E-state index in [1.165, 1.54) is 0 Å². The van der Waals surface area contributed by atoms with E-state index in [4.69, 9.17) is 0 Å². The van der Waals surface area contributed by atoms with E-state index in [1.54, 1.807) is 18.7 Å². The van der Waals surface area contributed by atoms with Crippen LogP contribution in [-0.2, 0) is 6.54 Å². The van der Waals surface area contributed by atoms with Gasteiger partial charge < -0.3 is 4.57 Å². The van der Waals surface area contributed by atoms with Gasteiger partial charge in [0, 0.05) is 36.4 Å². The van der Waals surface area contributed by atoms with Crippen LogP contribution in [0, 0.1) is 6.92 Å². The first-order chi connectivity index (χ1) is 8.83. The Hall–Kier alpha value is -2.43. The number of hydrogen-bond acceptors (Lipinski definition) is 3. The first-order valence-corrected chi connectivity index (χ1v) is 5.74. The molecule has 0 fully saturated rings. The highest BCUT2D eigenvalue weighted by atomic mass is 15.1. The van der Waals surface area contributed by atoms with Gasteiger partial charge in [0.2, 0.25) is 0 Å². The second kappa shape index (κ2) is 4.44. The molecule has 3 aromatic heterocycles. The summed E-state index contributed by atoms with van der Waals surface area (Å²) in [5.41, 5.74) is 4.17. The van der Waals surface area contributed by atoms with Gasteiger partial charge in [-0.1, -0.05) is 6.07 Å². The molecule has 5 nitrogen and oxygen atoms in total. The number of nitrogens with zero attached hydrogens (tertiary/aromatic N) is 4. The zero-order valence-corrected chi connectivity index (χ0v) is 10.0. The van der Waals surface area contributed by atoms with Crippen LogP contribution >= 0.6 is 0 Å². The molecule has 0 spiro atoms. The predicted octanol–water partition coefficient (Wildman–Crippen LogP) is 2.02. The average molecular weight is 239 g/mol. The quantitative estimate of drug-likeness (QED) is 0.760. The van der Waals surface area contributed by atoms with Crippen LogP contribution in [0.3, 0.4) is 0 Å². The topological polar surface area (TPSA) is 59.4 Å². The highest BCUT2D eigenvalue weighted by molar-refractivity contribution is 5.60. The lowest BCUT2D eigenvalue weighted by Crippen LogP contribution is -1.97. The van der Waals surface area contributed by atoms with Crippen molar-refractivity contribution in [1.82, 2.24) is 24.7 Å². The summed E-state index contributed by atoms with van der Waals surface area (Å²) >= 11 is 0. The molecule has 0 aliphatic heterocycles. The molecule has 0 radical (unpaired) electrons. The van der Waals surface area contributed by atoms with E-state index < -0.39 is 0 Å². The molecule has 0 unspecified atom stereocenters. The molecule has 3 aromatic rings. The van der Waals surface area contributed by atoms with Crippen LogP contribution in [0.2, 0.25) is 0 Å². The molecule has 0 aliphatic carbocycles. The number of rotatable bonds is 3. The molecule has 3 rings (SSSR count).